The first-order chi connectivity index (χ1) is 16.5. The number of aliphatic hydroxyl groups is 1. The van der Waals surface area contributed by atoms with Crippen molar-refractivity contribution >= 4 is 5.57 Å². The molecule has 2 aliphatic rings. The normalized spacial score (nSPS) is 23.1. The van der Waals surface area contributed by atoms with Crippen LogP contribution in [-0.2, 0) is 17.8 Å². The van der Waals surface area contributed by atoms with Crippen molar-refractivity contribution in [1.29, 1.82) is 0 Å². The molecule has 1 saturated carbocycles. The molecular weight excluding hydrogens is 437 g/mol. The van der Waals surface area contributed by atoms with Crippen molar-refractivity contribution in [2.24, 2.45) is 5.92 Å². The van der Waals surface area contributed by atoms with Gasteiger partial charge in [0.1, 0.15) is 5.82 Å². The third kappa shape index (κ3) is 5.92. The molecule has 1 unspecified atom stereocenters. The second kappa shape index (κ2) is 11.5. The maximum atomic E-state index is 14.8. The molecule has 0 amide bonds. The summed E-state index contributed by atoms with van der Waals surface area (Å²) >= 11 is 0. The van der Waals surface area contributed by atoms with E-state index in [9.17, 15) is 18.3 Å². The maximum absolute atomic E-state index is 14.8. The zero-order chi connectivity index (χ0) is 24.1. The highest BCUT2D eigenvalue weighted by molar-refractivity contribution is 5.67. The van der Waals surface area contributed by atoms with Gasteiger partial charge in [-0.2, -0.15) is 0 Å². The number of ether oxygens (including phenoxy) is 1. The highest BCUT2D eigenvalue weighted by Crippen LogP contribution is 2.38. The summed E-state index contributed by atoms with van der Waals surface area (Å²) in [6.45, 7) is 2.76. The molecule has 0 radical (unpaired) electrons. The van der Waals surface area contributed by atoms with Crippen LogP contribution in [0.3, 0.4) is 0 Å². The van der Waals surface area contributed by atoms with Crippen molar-refractivity contribution in [3.63, 3.8) is 0 Å². The molecule has 1 N–H and O–H groups in total. The molecule has 0 aromatic heterocycles. The average Bonchev–Trinajstić information content (AvgIpc) is 2.85. The molecule has 4 rings (SSSR count). The van der Waals surface area contributed by atoms with Crippen LogP contribution in [0.25, 0.3) is 5.57 Å². The van der Waals surface area contributed by atoms with Crippen LogP contribution >= 0.6 is 0 Å². The van der Waals surface area contributed by atoms with E-state index in [4.69, 9.17) is 4.74 Å². The summed E-state index contributed by atoms with van der Waals surface area (Å²) in [6.07, 6.45) is 8.46. The molecule has 2 aliphatic carbocycles. The average molecular weight is 473 g/mol. The Kier molecular flexibility index (Phi) is 8.49. The molecule has 34 heavy (non-hydrogen) atoms. The van der Waals surface area contributed by atoms with E-state index in [1.54, 1.807) is 18.2 Å². The van der Waals surface area contributed by atoms with E-state index in [1.165, 1.54) is 0 Å². The number of halogens is 3. The summed E-state index contributed by atoms with van der Waals surface area (Å²) in [7, 11) is 0. The monoisotopic (exact) mass is 472 g/mol. The number of hydrogen-bond acceptors (Lipinski definition) is 2. The Morgan fingerprint density at radius 1 is 0.941 bits per heavy atom. The van der Waals surface area contributed by atoms with E-state index in [-0.39, 0.29) is 11.9 Å². The largest absolute Gasteiger partial charge is 0.393 e. The first-order valence-electron chi connectivity index (χ1n) is 12.7. The molecule has 2 aromatic rings. The smallest absolute Gasteiger partial charge is 0.166 e. The minimum absolute atomic E-state index is 0.200. The van der Waals surface area contributed by atoms with Crippen LogP contribution in [0.2, 0.25) is 0 Å². The van der Waals surface area contributed by atoms with Crippen LogP contribution in [0.15, 0.2) is 36.4 Å². The zero-order valence-corrected chi connectivity index (χ0v) is 20.0. The summed E-state index contributed by atoms with van der Waals surface area (Å²) < 4.78 is 49.3. The van der Waals surface area contributed by atoms with Gasteiger partial charge < -0.3 is 9.84 Å². The lowest BCUT2D eigenvalue weighted by atomic mass is 9.76. The van der Waals surface area contributed by atoms with E-state index in [0.29, 0.717) is 67.4 Å². The summed E-state index contributed by atoms with van der Waals surface area (Å²) in [5.74, 6) is -0.876. The van der Waals surface area contributed by atoms with Crippen LogP contribution in [0.5, 0.6) is 0 Å². The topological polar surface area (TPSA) is 29.5 Å². The molecule has 5 heteroatoms. The third-order valence-electron chi connectivity index (χ3n) is 7.57. The van der Waals surface area contributed by atoms with Gasteiger partial charge in [0.15, 0.2) is 11.6 Å². The second-order valence-corrected chi connectivity index (χ2v) is 9.80. The Bertz CT molecular complexity index is 1010. The molecule has 0 heterocycles. The third-order valence-corrected chi connectivity index (χ3v) is 7.57. The predicted octanol–water partition coefficient (Wildman–Crippen LogP) is 7.48. The van der Waals surface area contributed by atoms with Gasteiger partial charge in [0.25, 0.3) is 0 Å². The van der Waals surface area contributed by atoms with Gasteiger partial charge in [0.05, 0.1) is 12.7 Å². The van der Waals surface area contributed by atoms with Crippen LogP contribution in [-0.4, -0.2) is 17.8 Å². The maximum Gasteiger partial charge on any atom is 0.166 e. The summed E-state index contributed by atoms with van der Waals surface area (Å²) in [5.41, 5.74) is 3.19. The van der Waals surface area contributed by atoms with Crippen LogP contribution < -0.4 is 0 Å². The molecule has 0 spiro atoms. The SMILES string of the molecule is CCOCc1ccc(C2CCC(CCc3ccc(C4=CCC(O)CC4)c(F)c3F)CC2)cc1F. The van der Waals surface area contributed by atoms with E-state index in [0.717, 1.165) is 43.2 Å². The first kappa shape index (κ1) is 25.0. The fourth-order valence-corrected chi connectivity index (χ4v) is 5.39. The minimum atomic E-state index is -0.765. The summed E-state index contributed by atoms with van der Waals surface area (Å²) in [6, 6.07) is 8.92. The summed E-state index contributed by atoms with van der Waals surface area (Å²) in [4.78, 5) is 0. The Balaban J connectivity index is 1.30. The summed E-state index contributed by atoms with van der Waals surface area (Å²) in [5, 5.41) is 9.63. The number of aryl methyl sites for hydroxylation is 1. The zero-order valence-electron chi connectivity index (χ0n) is 20.0. The lowest BCUT2D eigenvalue weighted by molar-refractivity contribution is 0.131. The quantitative estimate of drug-likeness (QED) is 0.432. The fourth-order valence-electron chi connectivity index (χ4n) is 5.39. The standard InChI is InChI=1S/C29H35F3O2/c1-2-34-18-24-10-9-23(17-27(24)30)20-6-3-19(4-7-20)5-8-22-13-16-26(29(32)28(22)31)21-11-14-25(33)15-12-21/h9-11,13,16-17,19-20,25,33H,2-8,12,14-15,18H2,1H3. The van der Waals surface area contributed by atoms with Gasteiger partial charge in [-0.05, 0) is 99.3 Å². The molecule has 2 aromatic carbocycles. The Hall–Kier alpha value is -2.11. The van der Waals surface area contributed by atoms with E-state index in [2.05, 4.69) is 0 Å². The van der Waals surface area contributed by atoms with Crippen molar-refractivity contribution in [3.8, 4) is 0 Å². The van der Waals surface area contributed by atoms with Crippen LogP contribution in [0, 0.1) is 23.4 Å². The van der Waals surface area contributed by atoms with Gasteiger partial charge >= 0.3 is 0 Å². The second-order valence-electron chi connectivity index (χ2n) is 9.80. The number of rotatable bonds is 8. The number of benzene rings is 2. The van der Waals surface area contributed by atoms with Crippen molar-refractivity contribution in [3.05, 3.63) is 76.1 Å². The minimum Gasteiger partial charge on any atom is -0.393 e. The number of allylic oxidation sites excluding steroid dienone is 1. The molecule has 2 nitrogen and oxygen atoms in total. The fraction of sp³-hybridized carbons (Fsp3) is 0.517. The van der Waals surface area contributed by atoms with Crippen molar-refractivity contribution in [2.45, 2.75) is 83.3 Å². The Morgan fingerprint density at radius 2 is 1.71 bits per heavy atom. The molecule has 1 atom stereocenters. The Morgan fingerprint density at radius 3 is 2.38 bits per heavy atom. The highest BCUT2D eigenvalue weighted by atomic mass is 19.2. The first-order valence-corrected chi connectivity index (χ1v) is 12.7. The molecule has 0 aliphatic heterocycles. The van der Waals surface area contributed by atoms with Crippen LogP contribution in [0.4, 0.5) is 13.2 Å². The Labute approximate surface area is 200 Å². The van der Waals surface area contributed by atoms with Gasteiger partial charge in [0.2, 0.25) is 0 Å². The molecular formula is C29H35F3O2. The number of aliphatic hydroxyl groups excluding tert-OH is 1. The number of hydrogen-bond donors (Lipinski definition) is 1. The lowest BCUT2D eigenvalue weighted by Gasteiger charge is -2.29. The molecule has 184 valence electrons. The van der Waals surface area contributed by atoms with Crippen molar-refractivity contribution in [2.75, 3.05) is 6.61 Å². The molecule has 1 fully saturated rings. The van der Waals surface area contributed by atoms with Crippen LogP contribution in [0.1, 0.15) is 86.5 Å². The highest BCUT2D eigenvalue weighted by Gasteiger charge is 2.24. The lowest BCUT2D eigenvalue weighted by Crippen LogP contribution is -2.15. The van der Waals surface area contributed by atoms with Gasteiger partial charge in [0, 0.05) is 17.7 Å². The van der Waals surface area contributed by atoms with E-state index < -0.39 is 11.6 Å². The predicted molar refractivity (Wildman–Crippen MR) is 129 cm³/mol. The van der Waals surface area contributed by atoms with Gasteiger partial charge in [-0.1, -0.05) is 30.3 Å². The van der Waals surface area contributed by atoms with Gasteiger partial charge in [-0.3, -0.25) is 0 Å². The van der Waals surface area contributed by atoms with Crippen molar-refractivity contribution < 1.29 is 23.0 Å². The van der Waals surface area contributed by atoms with E-state index in [1.807, 2.05) is 25.1 Å². The van der Waals surface area contributed by atoms with E-state index >= 15 is 0 Å². The van der Waals surface area contributed by atoms with Gasteiger partial charge in [-0.15, -0.1) is 0 Å². The molecule has 0 saturated heterocycles. The molecule has 0 bridgehead atoms. The van der Waals surface area contributed by atoms with Gasteiger partial charge in [-0.25, -0.2) is 13.2 Å². The van der Waals surface area contributed by atoms with Crippen molar-refractivity contribution in [1.82, 2.24) is 0 Å².